The summed E-state index contributed by atoms with van der Waals surface area (Å²) in [5.41, 5.74) is 0.595. The Bertz CT molecular complexity index is 480. The van der Waals surface area contributed by atoms with E-state index in [0.29, 0.717) is 5.56 Å². The third kappa shape index (κ3) is 1.33. The average Bonchev–Trinajstić information content (AvgIpc) is 2.23. The SMILES string of the molecule is O=NCc1c(O)ccc2ccccc12. The monoisotopic (exact) mass is 187 g/mol. The Balaban J connectivity index is 2.75. The molecule has 2 aromatic carbocycles. The first-order valence-corrected chi connectivity index (χ1v) is 4.31. The number of fused-ring (bicyclic) bond motifs is 1. The lowest BCUT2D eigenvalue weighted by molar-refractivity contribution is 0.469. The fraction of sp³-hybridized carbons (Fsp3) is 0.0909. The van der Waals surface area contributed by atoms with Gasteiger partial charge in [-0.2, -0.15) is 4.91 Å². The van der Waals surface area contributed by atoms with E-state index in [-0.39, 0.29) is 12.3 Å². The highest BCUT2D eigenvalue weighted by molar-refractivity contribution is 5.87. The number of aromatic hydroxyl groups is 1. The molecule has 0 radical (unpaired) electrons. The van der Waals surface area contributed by atoms with Crippen LogP contribution in [0, 0.1) is 4.91 Å². The number of nitrogens with zero attached hydrogens (tertiary/aromatic N) is 1. The predicted molar refractivity (Wildman–Crippen MR) is 55.1 cm³/mol. The Morgan fingerprint density at radius 1 is 1.14 bits per heavy atom. The molecule has 0 aliphatic rings. The molecule has 0 unspecified atom stereocenters. The van der Waals surface area contributed by atoms with Gasteiger partial charge in [0.2, 0.25) is 0 Å². The highest BCUT2D eigenvalue weighted by Gasteiger charge is 2.05. The molecule has 0 saturated heterocycles. The number of nitroso groups, excluding NO2 is 1. The minimum absolute atomic E-state index is 0.00713. The summed E-state index contributed by atoms with van der Waals surface area (Å²) in [7, 11) is 0. The fourth-order valence-electron chi connectivity index (χ4n) is 1.56. The van der Waals surface area contributed by atoms with E-state index in [4.69, 9.17) is 0 Å². The van der Waals surface area contributed by atoms with Gasteiger partial charge in [-0.15, -0.1) is 0 Å². The van der Waals surface area contributed by atoms with Crippen molar-refractivity contribution >= 4 is 10.8 Å². The molecule has 0 aromatic heterocycles. The second-order valence-electron chi connectivity index (χ2n) is 3.07. The van der Waals surface area contributed by atoms with Crippen LogP contribution in [0.5, 0.6) is 5.75 Å². The van der Waals surface area contributed by atoms with Crippen LogP contribution in [0.2, 0.25) is 0 Å². The smallest absolute Gasteiger partial charge is 0.121 e. The van der Waals surface area contributed by atoms with Crippen LogP contribution >= 0.6 is 0 Å². The lowest BCUT2D eigenvalue weighted by Gasteiger charge is -2.04. The van der Waals surface area contributed by atoms with E-state index in [2.05, 4.69) is 5.18 Å². The van der Waals surface area contributed by atoms with Crippen molar-refractivity contribution in [3.8, 4) is 5.75 Å². The summed E-state index contributed by atoms with van der Waals surface area (Å²) in [5.74, 6) is 0.128. The minimum Gasteiger partial charge on any atom is -0.508 e. The number of benzene rings is 2. The van der Waals surface area contributed by atoms with Crippen LogP contribution in [0.15, 0.2) is 41.6 Å². The van der Waals surface area contributed by atoms with Gasteiger partial charge in [-0.3, -0.25) is 0 Å². The molecule has 0 amide bonds. The topological polar surface area (TPSA) is 49.7 Å². The zero-order valence-electron chi connectivity index (χ0n) is 7.47. The van der Waals surface area contributed by atoms with E-state index in [1.54, 1.807) is 6.07 Å². The van der Waals surface area contributed by atoms with Crippen molar-refractivity contribution in [3.63, 3.8) is 0 Å². The Hall–Kier alpha value is -1.90. The van der Waals surface area contributed by atoms with Gasteiger partial charge in [0.1, 0.15) is 12.3 Å². The molecule has 0 atom stereocenters. The molecule has 3 heteroatoms. The first-order chi connectivity index (χ1) is 6.83. The second kappa shape index (κ2) is 3.46. The zero-order chi connectivity index (χ0) is 9.97. The van der Waals surface area contributed by atoms with Crippen LogP contribution in [0.1, 0.15) is 5.56 Å². The summed E-state index contributed by atoms with van der Waals surface area (Å²) in [5, 5.41) is 14.2. The molecule has 0 fully saturated rings. The molecular weight excluding hydrogens is 178 g/mol. The van der Waals surface area contributed by atoms with Gasteiger partial charge in [0.25, 0.3) is 0 Å². The molecule has 0 aliphatic heterocycles. The largest absolute Gasteiger partial charge is 0.508 e. The van der Waals surface area contributed by atoms with Crippen LogP contribution in [-0.4, -0.2) is 5.11 Å². The van der Waals surface area contributed by atoms with Gasteiger partial charge in [-0.05, 0) is 16.8 Å². The van der Waals surface area contributed by atoms with Crippen LogP contribution in [0.25, 0.3) is 10.8 Å². The quantitative estimate of drug-likeness (QED) is 0.735. The maximum absolute atomic E-state index is 10.2. The third-order valence-corrected chi connectivity index (χ3v) is 2.24. The third-order valence-electron chi connectivity index (χ3n) is 2.24. The van der Waals surface area contributed by atoms with E-state index in [1.165, 1.54) is 0 Å². The van der Waals surface area contributed by atoms with Crippen LogP contribution in [0.4, 0.5) is 0 Å². The molecule has 2 aromatic rings. The molecule has 0 saturated carbocycles. The number of hydrogen-bond acceptors (Lipinski definition) is 3. The first-order valence-electron chi connectivity index (χ1n) is 4.31. The van der Waals surface area contributed by atoms with Gasteiger partial charge in [0.05, 0.1) is 0 Å². The molecule has 14 heavy (non-hydrogen) atoms. The average molecular weight is 187 g/mol. The van der Waals surface area contributed by atoms with Crippen molar-refractivity contribution in [1.29, 1.82) is 0 Å². The van der Waals surface area contributed by atoms with Crippen molar-refractivity contribution in [1.82, 2.24) is 0 Å². The van der Waals surface area contributed by atoms with E-state index in [0.717, 1.165) is 10.8 Å². The molecule has 0 heterocycles. The van der Waals surface area contributed by atoms with Gasteiger partial charge < -0.3 is 5.11 Å². The summed E-state index contributed by atoms with van der Waals surface area (Å²) in [4.78, 5) is 10.2. The molecule has 2 rings (SSSR count). The number of rotatable bonds is 2. The summed E-state index contributed by atoms with van der Waals surface area (Å²) >= 11 is 0. The molecule has 0 spiro atoms. The summed E-state index contributed by atoms with van der Waals surface area (Å²) in [6, 6.07) is 11.0. The molecule has 0 bridgehead atoms. The Morgan fingerprint density at radius 3 is 2.71 bits per heavy atom. The van der Waals surface area contributed by atoms with E-state index in [1.807, 2.05) is 30.3 Å². The Labute approximate surface area is 81.0 Å². The van der Waals surface area contributed by atoms with Crippen LogP contribution in [-0.2, 0) is 6.54 Å². The standard InChI is InChI=1S/C11H9NO2/c13-11-6-5-8-3-1-2-4-9(8)10(11)7-12-14/h1-6,13H,7H2. The van der Waals surface area contributed by atoms with Crippen molar-refractivity contribution in [2.24, 2.45) is 5.18 Å². The Morgan fingerprint density at radius 2 is 1.93 bits per heavy atom. The Kier molecular flexibility index (Phi) is 2.14. The van der Waals surface area contributed by atoms with Crippen molar-refractivity contribution in [2.75, 3.05) is 0 Å². The summed E-state index contributed by atoms with van der Waals surface area (Å²) in [6.45, 7) is 0.00713. The summed E-state index contributed by atoms with van der Waals surface area (Å²) in [6.07, 6.45) is 0. The van der Waals surface area contributed by atoms with Gasteiger partial charge in [-0.25, -0.2) is 0 Å². The van der Waals surface area contributed by atoms with Crippen LogP contribution < -0.4 is 0 Å². The molecule has 0 aliphatic carbocycles. The van der Waals surface area contributed by atoms with E-state index >= 15 is 0 Å². The van der Waals surface area contributed by atoms with Crippen molar-refractivity contribution < 1.29 is 5.11 Å². The number of hydrogen-bond donors (Lipinski definition) is 1. The van der Waals surface area contributed by atoms with Crippen molar-refractivity contribution in [3.05, 3.63) is 46.9 Å². The molecule has 70 valence electrons. The highest BCUT2D eigenvalue weighted by atomic mass is 16.3. The molecular formula is C11H9NO2. The fourth-order valence-corrected chi connectivity index (χ4v) is 1.56. The first kappa shape index (κ1) is 8.69. The van der Waals surface area contributed by atoms with E-state index in [9.17, 15) is 10.0 Å². The predicted octanol–water partition coefficient (Wildman–Crippen LogP) is 2.81. The van der Waals surface area contributed by atoms with Crippen molar-refractivity contribution in [2.45, 2.75) is 6.54 Å². The lowest BCUT2D eigenvalue weighted by atomic mass is 10.0. The molecule has 3 nitrogen and oxygen atoms in total. The minimum atomic E-state index is 0.00713. The van der Waals surface area contributed by atoms with E-state index < -0.39 is 0 Å². The number of phenolic OH excluding ortho intramolecular Hbond substituents is 1. The normalized spacial score (nSPS) is 10.3. The van der Waals surface area contributed by atoms with Gasteiger partial charge in [-0.1, -0.05) is 35.5 Å². The van der Waals surface area contributed by atoms with Crippen LogP contribution in [0.3, 0.4) is 0 Å². The zero-order valence-corrected chi connectivity index (χ0v) is 7.47. The van der Waals surface area contributed by atoms with Gasteiger partial charge >= 0.3 is 0 Å². The highest BCUT2D eigenvalue weighted by Crippen LogP contribution is 2.27. The van der Waals surface area contributed by atoms with Gasteiger partial charge in [0.15, 0.2) is 0 Å². The molecule has 1 N–H and O–H groups in total. The van der Waals surface area contributed by atoms with Gasteiger partial charge in [0, 0.05) is 5.56 Å². The maximum atomic E-state index is 10.2. The second-order valence-corrected chi connectivity index (χ2v) is 3.07. The lowest BCUT2D eigenvalue weighted by Crippen LogP contribution is -1.85. The maximum Gasteiger partial charge on any atom is 0.121 e. The number of phenols is 1. The summed E-state index contributed by atoms with van der Waals surface area (Å²) < 4.78 is 0.